The lowest BCUT2D eigenvalue weighted by Gasteiger charge is -2.03. The molecule has 0 radical (unpaired) electrons. The van der Waals surface area contributed by atoms with Gasteiger partial charge in [0.2, 0.25) is 0 Å². The summed E-state index contributed by atoms with van der Waals surface area (Å²) in [5.41, 5.74) is 4.27. The molecule has 0 aliphatic rings. The second-order valence-corrected chi connectivity index (χ2v) is 5.09. The highest BCUT2D eigenvalue weighted by Gasteiger charge is 2.10. The summed E-state index contributed by atoms with van der Waals surface area (Å²) < 4.78 is 1.86. The third-order valence-electron chi connectivity index (χ3n) is 3.25. The molecule has 0 aromatic carbocycles. The van der Waals surface area contributed by atoms with E-state index in [9.17, 15) is 4.79 Å². The first-order valence-corrected chi connectivity index (χ1v) is 6.77. The van der Waals surface area contributed by atoms with Crippen molar-refractivity contribution in [3.05, 3.63) is 65.4 Å². The summed E-state index contributed by atoms with van der Waals surface area (Å²) >= 11 is 0. The maximum absolute atomic E-state index is 12.2. The molecule has 0 aliphatic carbocycles. The van der Waals surface area contributed by atoms with Gasteiger partial charge in [-0.2, -0.15) is 0 Å². The fraction of sp³-hybridized carbons (Fsp3) is 0.188. The van der Waals surface area contributed by atoms with E-state index in [1.54, 1.807) is 12.4 Å². The predicted molar refractivity (Wildman–Crippen MR) is 80.1 cm³/mol. The van der Waals surface area contributed by atoms with E-state index in [1.807, 2.05) is 48.7 Å². The number of fused-ring (bicyclic) bond motifs is 1. The molecule has 3 aromatic rings. The van der Waals surface area contributed by atoms with Crippen LogP contribution in [0.3, 0.4) is 0 Å². The molecule has 106 valence electrons. The van der Waals surface area contributed by atoms with Gasteiger partial charge in [-0.1, -0.05) is 6.07 Å². The van der Waals surface area contributed by atoms with Crippen LogP contribution in [0.2, 0.25) is 0 Å². The first-order valence-electron chi connectivity index (χ1n) is 6.77. The summed E-state index contributed by atoms with van der Waals surface area (Å²) in [5, 5.41) is 2.88. The van der Waals surface area contributed by atoms with Gasteiger partial charge in [-0.05, 0) is 43.2 Å². The van der Waals surface area contributed by atoms with Gasteiger partial charge in [0.1, 0.15) is 11.3 Å². The standard InChI is InChI=1S/C16H16N4O/c1-11-3-4-15-19-14(10-20(15)9-11)16(21)18-8-13-5-6-17-12(2)7-13/h3-7,9-10H,8H2,1-2H3,(H,18,21). The quantitative estimate of drug-likeness (QED) is 0.800. The Morgan fingerprint density at radius 3 is 2.90 bits per heavy atom. The number of aromatic nitrogens is 3. The largest absolute Gasteiger partial charge is 0.347 e. The molecule has 0 unspecified atom stereocenters. The minimum absolute atomic E-state index is 0.175. The zero-order valence-corrected chi connectivity index (χ0v) is 12.0. The van der Waals surface area contributed by atoms with Gasteiger partial charge in [0.25, 0.3) is 5.91 Å². The molecule has 0 aliphatic heterocycles. The van der Waals surface area contributed by atoms with E-state index < -0.39 is 0 Å². The second kappa shape index (κ2) is 5.36. The molecule has 0 bridgehead atoms. The summed E-state index contributed by atoms with van der Waals surface area (Å²) in [4.78, 5) is 20.6. The summed E-state index contributed by atoms with van der Waals surface area (Å²) in [5.74, 6) is -0.175. The van der Waals surface area contributed by atoms with E-state index in [0.717, 1.165) is 22.5 Å². The zero-order valence-electron chi connectivity index (χ0n) is 12.0. The van der Waals surface area contributed by atoms with Crippen LogP contribution in [0.1, 0.15) is 27.3 Å². The van der Waals surface area contributed by atoms with E-state index in [-0.39, 0.29) is 5.91 Å². The molecule has 0 spiro atoms. The van der Waals surface area contributed by atoms with Crippen LogP contribution in [0.25, 0.3) is 5.65 Å². The molecule has 5 nitrogen and oxygen atoms in total. The van der Waals surface area contributed by atoms with Gasteiger partial charge in [0.15, 0.2) is 0 Å². The number of amides is 1. The number of nitrogens with one attached hydrogen (secondary N) is 1. The van der Waals surface area contributed by atoms with E-state index in [4.69, 9.17) is 0 Å². The van der Waals surface area contributed by atoms with Gasteiger partial charge < -0.3 is 9.72 Å². The first-order chi connectivity index (χ1) is 10.1. The van der Waals surface area contributed by atoms with Crippen molar-refractivity contribution in [1.29, 1.82) is 0 Å². The van der Waals surface area contributed by atoms with E-state index in [2.05, 4.69) is 15.3 Å². The Morgan fingerprint density at radius 1 is 1.24 bits per heavy atom. The smallest absolute Gasteiger partial charge is 0.271 e. The molecule has 21 heavy (non-hydrogen) atoms. The minimum Gasteiger partial charge on any atom is -0.347 e. The average Bonchev–Trinajstić information content (AvgIpc) is 2.88. The number of aryl methyl sites for hydroxylation is 2. The maximum Gasteiger partial charge on any atom is 0.271 e. The fourth-order valence-electron chi connectivity index (χ4n) is 2.20. The number of carbonyl (C=O) groups is 1. The number of carbonyl (C=O) groups excluding carboxylic acids is 1. The fourth-order valence-corrected chi connectivity index (χ4v) is 2.20. The molecule has 1 amide bonds. The Kier molecular flexibility index (Phi) is 3.39. The summed E-state index contributed by atoms with van der Waals surface area (Å²) in [6.07, 6.45) is 5.44. The third-order valence-corrected chi connectivity index (χ3v) is 3.25. The predicted octanol–water partition coefficient (Wildman–Crippen LogP) is 2.28. The number of pyridine rings is 2. The van der Waals surface area contributed by atoms with E-state index in [0.29, 0.717) is 12.2 Å². The molecule has 3 rings (SSSR count). The van der Waals surface area contributed by atoms with Crippen LogP contribution in [0.5, 0.6) is 0 Å². The number of hydrogen-bond acceptors (Lipinski definition) is 3. The molecule has 3 aromatic heterocycles. The highest BCUT2D eigenvalue weighted by atomic mass is 16.1. The monoisotopic (exact) mass is 280 g/mol. The van der Waals surface area contributed by atoms with Gasteiger partial charge in [-0.15, -0.1) is 0 Å². The van der Waals surface area contributed by atoms with Crippen molar-refractivity contribution in [2.45, 2.75) is 20.4 Å². The van der Waals surface area contributed by atoms with Gasteiger partial charge in [0, 0.05) is 30.8 Å². The second-order valence-electron chi connectivity index (χ2n) is 5.09. The number of rotatable bonds is 3. The molecular weight excluding hydrogens is 264 g/mol. The van der Waals surface area contributed by atoms with Crippen LogP contribution in [0, 0.1) is 13.8 Å². The summed E-state index contributed by atoms with van der Waals surface area (Å²) in [6.45, 7) is 4.40. The van der Waals surface area contributed by atoms with Crippen LogP contribution in [-0.4, -0.2) is 20.3 Å². The molecule has 0 saturated heterocycles. The Hall–Kier alpha value is -2.69. The zero-order chi connectivity index (χ0) is 14.8. The van der Waals surface area contributed by atoms with Crippen molar-refractivity contribution >= 4 is 11.6 Å². The lowest BCUT2D eigenvalue weighted by molar-refractivity contribution is 0.0946. The summed E-state index contributed by atoms with van der Waals surface area (Å²) in [6, 6.07) is 7.72. The third kappa shape index (κ3) is 2.91. The lowest BCUT2D eigenvalue weighted by atomic mass is 10.2. The Morgan fingerprint density at radius 2 is 2.10 bits per heavy atom. The number of imidazole rings is 1. The van der Waals surface area contributed by atoms with Crippen molar-refractivity contribution in [3.63, 3.8) is 0 Å². The molecule has 3 heterocycles. The van der Waals surface area contributed by atoms with Crippen LogP contribution < -0.4 is 5.32 Å². The van der Waals surface area contributed by atoms with Crippen LogP contribution >= 0.6 is 0 Å². The van der Waals surface area contributed by atoms with Crippen LogP contribution in [0.4, 0.5) is 0 Å². The Bertz CT molecular complexity index is 807. The van der Waals surface area contributed by atoms with Gasteiger partial charge in [-0.3, -0.25) is 9.78 Å². The first kappa shape index (κ1) is 13.3. The SMILES string of the molecule is Cc1ccc2nc(C(=O)NCc3ccnc(C)c3)cn2c1. The number of hydrogen-bond donors (Lipinski definition) is 1. The van der Waals surface area contributed by atoms with Crippen LogP contribution in [-0.2, 0) is 6.54 Å². The molecule has 0 atom stereocenters. The lowest BCUT2D eigenvalue weighted by Crippen LogP contribution is -2.23. The van der Waals surface area contributed by atoms with Crippen molar-refractivity contribution in [2.75, 3.05) is 0 Å². The van der Waals surface area contributed by atoms with E-state index >= 15 is 0 Å². The molecule has 0 fully saturated rings. The average molecular weight is 280 g/mol. The highest BCUT2D eigenvalue weighted by Crippen LogP contribution is 2.08. The van der Waals surface area contributed by atoms with Crippen molar-refractivity contribution in [2.24, 2.45) is 0 Å². The van der Waals surface area contributed by atoms with Gasteiger partial charge in [0.05, 0.1) is 0 Å². The Balaban J connectivity index is 1.74. The topological polar surface area (TPSA) is 59.3 Å². The maximum atomic E-state index is 12.2. The molecule has 1 N–H and O–H groups in total. The Labute approximate surface area is 122 Å². The van der Waals surface area contributed by atoms with Crippen LogP contribution in [0.15, 0.2) is 42.9 Å². The normalized spacial score (nSPS) is 10.8. The molecular formula is C16H16N4O. The highest BCUT2D eigenvalue weighted by molar-refractivity contribution is 5.92. The van der Waals surface area contributed by atoms with Gasteiger partial charge >= 0.3 is 0 Å². The van der Waals surface area contributed by atoms with Crippen molar-refractivity contribution in [1.82, 2.24) is 19.7 Å². The van der Waals surface area contributed by atoms with Crippen molar-refractivity contribution in [3.8, 4) is 0 Å². The number of nitrogens with zero attached hydrogens (tertiary/aromatic N) is 3. The van der Waals surface area contributed by atoms with Gasteiger partial charge in [-0.25, -0.2) is 4.98 Å². The van der Waals surface area contributed by atoms with E-state index in [1.165, 1.54) is 0 Å². The molecule has 0 saturated carbocycles. The van der Waals surface area contributed by atoms with Crippen molar-refractivity contribution < 1.29 is 4.79 Å². The minimum atomic E-state index is -0.175. The summed E-state index contributed by atoms with van der Waals surface area (Å²) in [7, 11) is 0. The molecule has 5 heteroatoms.